The van der Waals surface area contributed by atoms with E-state index in [0.717, 1.165) is 5.56 Å². The highest BCUT2D eigenvalue weighted by Crippen LogP contribution is 2.36. The van der Waals surface area contributed by atoms with Crippen molar-refractivity contribution in [2.75, 3.05) is 6.54 Å². The van der Waals surface area contributed by atoms with Gasteiger partial charge in [-0.15, -0.1) is 0 Å². The summed E-state index contributed by atoms with van der Waals surface area (Å²) in [6.07, 6.45) is -0.262. The van der Waals surface area contributed by atoms with E-state index < -0.39 is 10.6 Å². The van der Waals surface area contributed by atoms with Gasteiger partial charge in [0, 0.05) is 19.1 Å². The predicted molar refractivity (Wildman–Crippen MR) is 80.8 cm³/mol. The summed E-state index contributed by atoms with van der Waals surface area (Å²) in [5.74, 6) is 0.0979. The van der Waals surface area contributed by atoms with Crippen molar-refractivity contribution in [1.82, 2.24) is 0 Å². The van der Waals surface area contributed by atoms with Crippen LogP contribution in [0.2, 0.25) is 0 Å². The molecule has 2 atom stereocenters. The average molecular weight is 317 g/mol. The van der Waals surface area contributed by atoms with E-state index in [4.69, 9.17) is 4.74 Å². The number of nitrogens with two attached hydrogens (primary N) is 1. The van der Waals surface area contributed by atoms with Crippen molar-refractivity contribution in [2.45, 2.75) is 18.8 Å². The van der Waals surface area contributed by atoms with E-state index in [9.17, 15) is 20.3 Å². The second-order valence-electron chi connectivity index (χ2n) is 5.70. The summed E-state index contributed by atoms with van der Waals surface area (Å²) in [5.41, 5.74) is 0.510. The van der Waals surface area contributed by atoms with Gasteiger partial charge < -0.3 is 20.3 Å². The molecule has 1 saturated heterocycles. The fourth-order valence-corrected chi connectivity index (χ4v) is 2.83. The average Bonchev–Trinajstić information content (AvgIpc) is 2.93. The highest BCUT2D eigenvalue weighted by molar-refractivity contribution is 5.41. The second-order valence-corrected chi connectivity index (χ2v) is 5.70. The maximum Gasteiger partial charge on any atom is 0.269 e. The van der Waals surface area contributed by atoms with Crippen LogP contribution in [-0.4, -0.2) is 21.7 Å². The lowest BCUT2D eigenvalue weighted by Gasteiger charge is -2.22. The van der Waals surface area contributed by atoms with Crippen molar-refractivity contribution in [3.05, 3.63) is 63.7 Å². The number of aromatic hydroxyl groups is 2. The standard InChI is InChI=1S/C16H16N2O5/c1-16(13-8-12(19)6-7-14(13)20)17-9-15(23-16)10-2-4-11(5-3-10)18(21)22/h2-8,15,17,19-20H,9H2,1H3/p+1/t15-,16-/m0/s1. The molecule has 0 saturated carbocycles. The molecule has 2 aromatic carbocycles. The molecule has 0 spiro atoms. The molecule has 7 heteroatoms. The molecule has 0 radical (unpaired) electrons. The topological polar surface area (TPSA) is 109 Å². The fraction of sp³-hybridized carbons (Fsp3) is 0.250. The van der Waals surface area contributed by atoms with Crippen LogP contribution in [0.15, 0.2) is 42.5 Å². The van der Waals surface area contributed by atoms with Crippen molar-refractivity contribution < 1.29 is 25.2 Å². The van der Waals surface area contributed by atoms with Crippen LogP contribution in [0, 0.1) is 10.1 Å². The molecule has 0 aliphatic carbocycles. The quantitative estimate of drug-likeness (QED) is 0.451. The van der Waals surface area contributed by atoms with Crippen molar-refractivity contribution in [3.63, 3.8) is 0 Å². The number of ether oxygens (including phenoxy) is 1. The van der Waals surface area contributed by atoms with Gasteiger partial charge in [0.25, 0.3) is 5.69 Å². The van der Waals surface area contributed by atoms with Crippen LogP contribution in [0.25, 0.3) is 0 Å². The molecule has 0 amide bonds. The van der Waals surface area contributed by atoms with Crippen molar-refractivity contribution >= 4 is 5.69 Å². The van der Waals surface area contributed by atoms with Crippen LogP contribution in [0.3, 0.4) is 0 Å². The Morgan fingerprint density at radius 3 is 2.61 bits per heavy atom. The number of non-ortho nitro benzene ring substituents is 1. The maximum absolute atomic E-state index is 10.7. The lowest BCUT2D eigenvalue weighted by atomic mass is 10.0. The summed E-state index contributed by atoms with van der Waals surface area (Å²) in [6, 6.07) is 10.5. The van der Waals surface area contributed by atoms with E-state index in [2.05, 4.69) is 0 Å². The normalized spacial score (nSPS) is 23.8. The number of quaternary nitrogens is 1. The number of nitrogens with zero attached hydrogens (tertiary/aromatic N) is 1. The van der Waals surface area contributed by atoms with Crippen LogP contribution in [0.1, 0.15) is 24.2 Å². The summed E-state index contributed by atoms with van der Waals surface area (Å²) in [6.45, 7) is 2.41. The van der Waals surface area contributed by atoms with Crippen LogP contribution in [0.4, 0.5) is 5.69 Å². The summed E-state index contributed by atoms with van der Waals surface area (Å²) < 4.78 is 6.06. The first-order chi connectivity index (χ1) is 10.9. The van der Waals surface area contributed by atoms with E-state index >= 15 is 0 Å². The Balaban J connectivity index is 1.84. The molecule has 1 aliphatic rings. The Bertz CT molecular complexity index is 747. The number of nitro groups is 1. The number of benzene rings is 2. The van der Waals surface area contributed by atoms with Crippen LogP contribution >= 0.6 is 0 Å². The van der Waals surface area contributed by atoms with Gasteiger partial charge in [-0.1, -0.05) is 0 Å². The molecule has 2 aromatic rings. The summed E-state index contributed by atoms with van der Waals surface area (Å²) in [7, 11) is 0. The largest absolute Gasteiger partial charge is 0.508 e. The number of phenols is 2. The minimum absolute atomic E-state index is 0.0316. The smallest absolute Gasteiger partial charge is 0.269 e. The molecule has 0 bridgehead atoms. The number of nitro benzene ring substituents is 1. The van der Waals surface area contributed by atoms with Crippen molar-refractivity contribution in [3.8, 4) is 11.5 Å². The third-order valence-electron chi connectivity index (χ3n) is 4.10. The summed E-state index contributed by atoms with van der Waals surface area (Å²) in [5, 5.41) is 32.3. The molecule has 3 rings (SSSR count). The molecule has 0 unspecified atom stereocenters. The first kappa shape index (κ1) is 15.3. The SMILES string of the molecule is C[C@]1(c2cc(O)ccc2O)[NH2+]C[C@@H](c2ccc([N+](=O)[O-])cc2)O1. The minimum atomic E-state index is -0.838. The summed E-state index contributed by atoms with van der Waals surface area (Å²) >= 11 is 0. The van der Waals surface area contributed by atoms with Crippen LogP contribution in [0.5, 0.6) is 11.5 Å². The Labute approximate surface area is 132 Å². The van der Waals surface area contributed by atoms with Crippen molar-refractivity contribution in [1.29, 1.82) is 0 Å². The van der Waals surface area contributed by atoms with Gasteiger partial charge in [-0.25, -0.2) is 0 Å². The zero-order valence-electron chi connectivity index (χ0n) is 12.5. The van der Waals surface area contributed by atoms with Gasteiger partial charge in [0.1, 0.15) is 24.1 Å². The molecular weight excluding hydrogens is 300 g/mol. The zero-order chi connectivity index (χ0) is 16.6. The number of hydrogen-bond acceptors (Lipinski definition) is 5. The highest BCUT2D eigenvalue weighted by Gasteiger charge is 2.44. The molecule has 7 nitrogen and oxygen atoms in total. The Morgan fingerprint density at radius 1 is 1.26 bits per heavy atom. The van der Waals surface area contributed by atoms with E-state index in [1.54, 1.807) is 12.1 Å². The Morgan fingerprint density at radius 2 is 1.96 bits per heavy atom. The van der Waals surface area contributed by atoms with Gasteiger partial charge in [0.05, 0.1) is 10.5 Å². The highest BCUT2D eigenvalue weighted by atomic mass is 16.6. The second kappa shape index (κ2) is 5.53. The molecular formula is C16H17N2O5+. The lowest BCUT2D eigenvalue weighted by molar-refractivity contribution is -0.740. The molecule has 1 aliphatic heterocycles. The zero-order valence-corrected chi connectivity index (χ0v) is 12.5. The van der Waals surface area contributed by atoms with E-state index in [1.807, 2.05) is 12.2 Å². The lowest BCUT2D eigenvalue weighted by Crippen LogP contribution is -2.91. The fourth-order valence-electron chi connectivity index (χ4n) is 2.83. The van der Waals surface area contributed by atoms with Gasteiger partial charge in [0.2, 0.25) is 5.72 Å². The number of hydrogen-bond donors (Lipinski definition) is 3. The van der Waals surface area contributed by atoms with E-state index in [1.165, 1.54) is 30.3 Å². The third-order valence-corrected chi connectivity index (χ3v) is 4.10. The first-order valence-corrected chi connectivity index (χ1v) is 7.18. The Hall–Kier alpha value is -2.64. The Kier molecular flexibility index (Phi) is 3.67. The number of rotatable bonds is 3. The minimum Gasteiger partial charge on any atom is -0.508 e. The van der Waals surface area contributed by atoms with E-state index in [-0.39, 0.29) is 23.3 Å². The van der Waals surface area contributed by atoms with Crippen molar-refractivity contribution in [2.24, 2.45) is 0 Å². The van der Waals surface area contributed by atoms with Crippen LogP contribution in [-0.2, 0) is 10.5 Å². The van der Waals surface area contributed by atoms with Gasteiger partial charge >= 0.3 is 0 Å². The van der Waals surface area contributed by atoms with Gasteiger partial charge in [-0.05, 0) is 35.9 Å². The van der Waals surface area contributed by atoms with Gasteiger partial charge in [-0.3, -0.25) is 10.1 Å². The predicted octanol–water partition coefficient (Wildman–Crippen LogP) is 1.51. The molecule has 120 valence electrons. The first-order valence-electron chi connectivity index (χ1n) is 7.18. The number of phenolic OH excluding ortho intramolecular Hbond substituents is 2. The van der Waals surface area contributed by atoms with Crippen LogP contribution < -0.4 is 5.32 Å². The third kappa shape index (κ3) is 2.84. The molecule has 0 aromatic heterocycles. The molecule has 1 fully saturated rings. The maximum atomic E-state index is 10.7. The van der Waals surface area contributed by atoms with E-state index in [0.29, 0.717) is 12.1 Å². The molecule has 23 heavy (non-hydrogen) atoms. The molecule has 1 heterocycles. The van der Waals surface area contributed by atoms with Gasteiger partial charge in [-0.2, -0.15) is 0 Å². The molecule has 4 N–H and O–H groups in total. The summed E-state index contributed by atoms with van der Waals surface area (Å²) in [4.78, 5) is 10.3. The monoisotopic (exact) mass is 317 g/mol. The van der Waals surface area contributed by atoms with Gasteiger partial charge in [0.15, 0.2) is 0 Å².